The van der Waals surface area contributed by atoms with E-state index in [2.05, 4.69) is 11.9 Å². The van der Waals surface area contributed by atoms with Crippen LogP contribution in [0, 0.1) is 5.92 Å². The minimum atomic E-state index is -0.523. The molecule has 1 amide bonds. The smallest absolute Gasteiger partial charge is 0.269 e. The summed E-state index contributed by atoms with van der Waals surface area (Å²) in [4.78, 5) is 21.1. The van der Waals surface area contributed by atoms with Gasteiger partial charge in [-0.3, -0.25) is 4.79 Å². The Hall–Kier alpha value is -2.37. The predicted molar refractivity (Wildman–Crippen MR) is 84.6 cm³/mol. The van der Waals surface area contributed by atoms with E-state index in [0.29, 0.717) is 22.5 Å². The number of hydrogen-bond acceptors (Lipinski definition) is 5. The second-order valence-corrected chi connectivity index (χ2v) is 6.47. The van der Waals surface area contributed by atoms with Gasteiger partial charge in [0.1, 0.15) is 5.69 Å². The van der Waals surface area contributed by atoms with Crippen LogP contribution in [0.4, 0.5) is 0 Å². The maximum atomic E-state index is 11.9. The molecule has 0 unspecified atom stereocenters. The third kappa shape index (κ3) is 2.48. The van der Waals surface area contributed by atoms with Gasteiger partial charge in [-0.05, 0) is 18.8 Å². The number of primary amides is 1. The van der Waals surface area contributed by atoms with Crippen molar-refractivity contribution in [1.29, 1.82) is 0 Å². The maximum absolute atomic E-state index is 11.9. The largest absolute Gasteiger partial charge is 0.454 e. The zero-order valence-corrected chi connectivity index (χ0v) is 13.0. The van der Waals surface area contributed by atoms with E-state index in [1.807, 2.05) is 6.07 Å². The Morgan fingerprint density at radius 3 is 2.30 bits per heavy atom. The fourth-order valence-electron chi connectivity index (χ4n) is 3.46. The molecule has 23 heavy (non-hydrogen) atoms. The molecule has 1 aliphatic heterocycles. The summed E-state index contributed by atoms with van der Waals surface area (Å²) in [5, 5.41) is 0. The zero-order valence-electron chi connectivity index (χ0n) is 13.0. The minimum absolute atomic E-state index is 0.196. The molecule has 2 N–H and O–H groups in total. The van der Waals surface area contributed by atoms with Crippen molar-refractivity contribution in [2.75, 3.05) is 6.79 Å². The molecule has 0 atom stereocenters. The van der Waals surface area contributed by atoms with Gasteiger partial charge < -0.3 is 15.2 Å². The molecule has 0 radical (unpaired) electrons. The van der Waals surface area contributed by atoms with Gasteiger partial charge in [0.2, 0.25) is 6.79 Å². The summed E-state index contributed by atoms with van der Waals surface area (Å²) < 4.78 is 10.8. The normalized spacial score (nSPS) is 23.2. The van der Waals surface area contributed by atoms with E-state index < -0.39 is 5.91 Å². The van der Waals surface area contributed by atoms with Gasteiger partial charge in [0.05, 0.1) is 16.7 Å². The van der Waals surface area contributed by atoms with Crippen LogP contribution in [0.3, 0.4) is 0 Å². The van der Waals surface area contributed by atoms with E-state index in [0.717, 1.165) is 37.3 Å². The summed E-state index contributed by atoms with van der Waals surface area (Å²) in [6, 6.07) is 3.58. The molecule has 1 aromatic heterocycles. The summed E-state index contributed by atoms with van der Waals surface area (Å²) in [6.07, 6.45) is 4.33. The Bertz CT molecular complexity index is 782. The third-order valence-electron chi connectivity index (χ3n) is 4.82. The van der Waals surface area contributed by atoms with Crippen molar-refractivity contribution in [2.45, 2.75) is 38.5 Å². The van der Waals surface area contributed by atoms with Gasteiger partial charge in [0.25, 0.3) is 5.91 Å². The van der Waals surface area contributed by atoms with Crippen molar-refractivity contribution >= 4 is 16.9 Å². The number of carbonyl (C=O) groups excluding carboxylic acids is 1. The van der Waals surface area contributed by atoms with Crippen molar-refractivity contribution in [2.24, 2.45) is 11.7 Å². The van der Waals surface area contributed by atoms with Gasteiger partial charge in [-0.2, -0.15) is 0 Å². The summed E-state index contributed by atoms with van der Waals surface area (Å²) in [6.45, 7) is 2.46. The van der Waals surface area contributed by atoms with Crippen molar-refractivity contribution < 1.29 is 14.3 Å². The Morgan fingerprint density at radius 1 is 1.09 bits per heavy atom. The lowest BCUT2D eigenvalue weighted by molar-refractivity contribution is 0.0993. The van der Waals surface area contributed by atoms with Gasteiger partial charge in [-0.1, -0.05) is 19.8 Å². The number of nitrogens with zero attached hydrogens (tertiary/aromatic N) is 2. The first-order valence-corrected chi connectivity index (χ1v) is 8.03. The number of aromatic nitrogens is 2. The lowest BCUT2D eigenvalue weighted by Crippen LogP contribution is -2.21. The number of hydrogen-bond donors (Lipinski definition) is 1. The molecule has 2 heterocycles. The standard InChI is InChI=1S/C17H19N3O3/c1-9-2-4-10(5-3-9)15-16(17(18)21)20-12-7-14-13(22-8-23-14)6-11(12)19-15/h6-7,9-10H,2-5,8H2,1H3,(H2,18,21). The quantitative estimate of drug-likeness (QED) is 0.921. The molecular weight excluding hydrogens is 294 g/mol. The Balaban J connectivity index is 1.83. The van der Waals surface area contributed by atoms with Crippen LogP contribution in [0.25, 0.3) is 11.0 Å². The number of rotatable bonds is 2. The Labute approximate surface area is 134 Å². The second-order valence-electron chi connectivity index (χ2n) is 6.47. The van der Waals surface area contributed by atoms with Gasteiger partial charge in [0, 0.05) is 18.1 Å². The predicted octanol–water partition coefficient (Wildman–Crippen LogP) is 2.75. The van der Waals surface area contributed by atoms with E-state index >= 15 is 0 Å². The average molecular weight is 313 g/mol. The number of benzene rings is 1. The highest BCUT2D eigenvalue weighted by Gasteiger charge is 2.27. The number of fused-ring (bicyclic) bond motifs is 2. The highest BCUT2D eigenvalue weighted by Crippen LogP contribution is 2.38. The zero-order chi connectivity index (χ0) is 16.0. The van der Waals surface area contributed by atoms with E-state index in [1.54, 1.807) is 6.07 Å². The number of amides is 1. The van der Waals surface area contributed by atoms with Gasteiger partial charge in [-0.15, -0.1) is 0 Å². The van der Waals surface area contributed by atoms with Crippen LogP contribution in [0.2, 0.25) is 0 Å². The van der Waals surface area contributed by atoms with Crippen LogP contribution in [0.5, 0.6) is 11.5 Å². The SMILES string of the molecule is CC1CCC(c2nc3cc4c(cc3nc2C(N)=O)OCO4)CC1. The van der Waals surface area contributed by atoms with Crippen LogP contribution in [-0.4, -0.2) is 22.7 Å². The topological polar surface area (TPSA) is 87.3 Å². The molecule has 0 bridgehead atoms. The minimum Gasteiger partial charge on any atom is -0.454 e. The second kappa shape index (κ2) is 5.37. The van der Waals surface area contributed by atoms with E-state index in [9.17, 15) is 4.79 Å². The van der Waals surface area contributed by atoms with Crippen molar-refractivity contribution in [3.8, 4) is 11.5 Å². The molecule has 1 saturated carbocycles. The third-order valence-corrected chi connectivity index (χ3v) is 4.82. The van der Waals surface area contributed by atoms with Gasteiger partial charge in [-0.25, -0.2) is 9.97 Å². The summed E-state index contributed by atoms with van der Waals surface area (Å²) >= 11 is 0. The average Bonchev–Trinajstić information content (AvgIpc) is 2.99. The first kappa shape index (κ1) is 14.2. The molecule has 0 spiro atoms. The summed E-state index contributed by atoms with van der Waals surface area (Å²) in [5.74, 6) is 1.75. The molecule has 0 saturated heterocycles. The van der Waals surface area contributed by atoms with E-state index in [-0.39, 0.29) is 18.4 Å². The molecule has 1 aliphatic carbocycles. The molecule has 1 aromatic carbocycles. The highest BCUT2D eigenvalue weighted by molar-refractivity contribution is 5.94. The molecule has 4 rings (SSSR count). The van der Waals surface area contributed by atoms with Crippen LogP contribution in [0.1, 0.15) is 54.7 Å². The highest BCUT2D eigenvalue weighted by atomic mass is 16.7. The first-order valence-electron chi connectivity index (χ1n) is 8.03. The van der Waals surface area contributed by atoms with Crippen LogP contribution in [-0.2, 0) is 0 Å². The van der Waals surface area contributed by atoms with Gasteiger partial charge in [0.15, 0.2) is 11.5 Å². The van der Waals surface area contributed by atoms with Crippen molar-refractivity contribution in [3.63, 3.8) is 0 Å². The molecule has 2 aromatic rings. The number of carbonyl (C=O) groups is 1. The molecule has 6 heteroatoms. The first-order chi connectivity index (χ1) is 11.1. The summed E-state index contributed by atoms with van der Waals surface area (Å²) in [7, 11) is 0. The lowest BCUT2D eigenvalue weighted by atomic mass is 9.80. The van der Waals surface area contributed by atoms with Crippen molar-refractivity contribution in [3.05, 3.63) is 23.5 Å². The van der Waals surface area contributed by atoms with E-state index in [1.165, 1.54) is 0 Å². The fourth-order valence-corrected chi connectivity index (χ4v) is 3.46. The van der Waals surface area contributed by atoms with Crippen LogP contribution >= 0.6 is 0 Å². The summed E-state index contributed by atoms with van der Waals surface area (Å²) in [5.41, 5.74) is 7.90. The molecule has 6 nitrogen and oxygen atoms in total. The molecule has 120 valence electrons. The molecule has 1 fully saturated rings. The molecular formula is C17H19N3O3. The molecule has 2 aliphatic rings. The number of nitrogens with two attached hydrogens (primary N) is 1. The van der Waals surface area contributed by atoms with Crippen molar-refractivity contribution in [1.82, 2.24) is 9.97 Å². The monoisotopic (exact) mass is 313 g/mol. The Kier molecular flexibility index (Phi) is 3.32. The van der Waals surface area contributed by atoms with Crippen LogP contribution < -0.4 is 15.2 Å². The van der Waals surface area contributed by atoms with Gasteiger partial charge >= 0.3 is 0 Å². The Morgan fingerprint density at radius 2 is 1.70 bits per heavy atom. The van der Waals surface area contributed by atoms with Crippen LogP contribution in [0.15, 0.2) is 12.1 Å². The lowest BCUT2D eigenvalue weighted by Gasteiger charge is -2.26. The van der Waals surface area contributed by atoms with E-state index in [4.69, 9.17) is 20.2 Å². The fraction of sp³-hybridized carbons (Fsp3) is 0.471. The number of ether oxygens (including phenoxy) is 2. The maximum Gasteiger partial charge on any atom is 0.269 e.